The summed E-state index contributed by atoms with van der Waals surface area (Å²) in [6.07, 6.45) is 2.36. The average molecular weight is 370 g/mol. The van der Waals surface area contributed by atoms with Gasteiger partial charge in [-0.25, -0.2) is 4.39 Å². The van der Waals surface area contributed by atoms with Crippen LogP contribution in [0.15, 0.2) is 78.6 Å². The number of rotatable bonds is 5. The van der Waals surface area contributed by atoms with Gasteiger partial charge < -0.3 is 10.2 Å². The van der Waals surface area contributed by atoms with Crippen molar-refractivity contribution in [1.82, 2.24) is 4.98 Å². The molecule has 0 aliphatic heterocycles. The van der Waals surface area contributed by atoms with Crippen LogP contribution < -0.4 is 0 Å². The van der Waals surface area contributed by atoms with Crippen molar-refractivity contribution in [3.63, 3.8) is 0 Å². The van der Waals surface area contributed by atoms with Crippen molar-refractivity contribution in [2.45, 2.75) is 12.5 Å². The lowest BCUT2D eigenvalue weighted by atomic mass is 9.93. The Labute approximate surface area is 156 Å². The van der Waals surface area contributed by atoms with Crippen molar-refractivity contribution in [1.29, 1.82) is 0 Å². The Hall–Kier alpha value is -2.69. The number of hydrogen-bond acceptors (Lipinski definition) is 3. The number of benzene rings is 2. The van der Waals surface area contributed by atoms with E-state index in [4.69, 9.17) is 11.6 Å². The van der Waals surface area contributed by atoms with E-state index in [1.807, 2.05) is 0 Å². The topological polar surface area (TPSA) is 53.4 Å². The van der Waals surface area contributed by atoms with Crippen molar-refractivity contribution in [2.24, 2.45) is 0 Å². The Morgan fingerprint density at radius 1 is 1.04 bits per heavy atom. The fourth-order valence-electron chi connectivity index (χ4n) is 2.66. The quantitative estimate of drug-likeness (QED) is 0.614. The molecule has 0 radical (unpaired) electrons. The van der Waals surface area contributed by atoms with E-state index in [9.17, 15) is 14.6 Å². The number of nitrogens with zero attached hydrogens (tertiary/aromatic N) is 1. The summed E-state index contributed by atoms with van der Waals surface area (Å²) in [5.74, 6) is -0.378. The molecule has 26 heavy (non-hydrogen) atoms. The summed E-state index contributed by atoms with van der Waals surface area (Å²) in [5, 5.41) is 22.2. The van der Waals surface area contributed by atoms with Gasteiger partial charge in [0.15, 0.2) is 0 Å². The first-order valence-electron chi connectivity index (χ1n) is 8.05. The number of aliphatic hydroxyl groups excluding tert-OH is 2. The third kappa shape index (κ3) is 4.28. The Morgan fingerprint density at radius 2 is 1.73 bits per heavy atom. The van der Waals surface area contributed by atoms with Gasteiger partial charge in [0.05, 0.1) is 0 Å². The van der Waals surface area contributed by atoms with Crippen LogP contribution in [0.25, 0.3) is 5.76 Å². The smallest absolute Gasteiger partial charge is 0.125 e. The standard InChI is InChI=1S/C21H17ClFNO2/c22-17-7-5-15(6-8-17)20(25)19(12-14-3-9-18(23)10-4-14)21(26)16-2-1-11-24-13-16/h1-11,13,21,25-26H,12H2/b20-19+. The van der Waals surface area contributed by atoms with Gasteiger partial charge in [-0.15, -0.1) is 0 Å². The molecule has 1 atom stereocenters. The minimum Gasteiger partial charge on any atom is -0.507 e. The fraction of sp³-hybridized carbons (Fsp3) is 0.0952. The summed E-state index contributed by atoms with van der Waals surface area (Å²) in [6.45, 7) is 0. The van der Waals surface area contributed by atoms with Crippen molar-refractivity contribution in [2.75, 3.05) is 0 Å². The minimum atomic E-state index is -1.05. The highest BCUT2D eigenvalue weighted by Crippen LogP contribution is 2.30. The molecule has 1 heterocycles. The molecule has 1 aromatic heterocycles. The predicted octanol–water partition coefficient (Wildman–Crippen LogP) is 5.12. The van der Waals surface area contributed by atoms with E-state index in [-0.39, 0.29) is 18.0 Å². The number of aliphatic hydroxyl groups is 2. The molecule has 5 heteroatoms. The summed E-state index contributed by atoms with van der Waals surface area (Å²) in [5.41, 5.74) is 2.26. The highest BCUT2D eigenvalue weighted by molar-refractivity contribution is 6.30. The maximum absolute atomic E-state index is 13.2. The van der Waals surface area contributed by atoms with E-state index in [0.29, 0.717) is 21.7 Å². The summed E-state index contributed by atoms with van der Waals surface area (Å²) < 4.78 is 13.2. The van der Waals surface area contributed by atoms with Gasteiger partial charge in [0.1, 0.15) is 17.7 Å². The van der Waals surface area contributed by atoms with Crippen molar-refractivity contribution in [3.05, 3.63) is 106 Å². The normalized spacial score (nSPS) is 13.2. The monoisotopic (exact) mass is 369 g/mol. The molecular weight excluding hydrogens is 353 g/mol. The zero-order chi connectivity index (χ0) is 18.5. The van der Waals surface area contributed by atoms with Gasteiger partial charge in [0, 0.05) is 40.5 Å². The molecule has 3 aromatic rings. The first-order chi connectivity index (χ1) is 12.5. The zero-order valence-corrected chi connectivity index (χ0v) is 14.6. The van der Waals surface area contributed by atoms with Crippen LogP contribution in [0, 0.1) is 5.82 Å². The predicted molar refractivity (Wildman–Crippen MR) is 100 cm³/mol. The largest absolute Gasteiger partial charge is 0.507 e. The minimum absolute atomic E-state index is 0.0395. The van der Waals surface area contributed by atoms with E-state index in [0.717, 1.165) is 5.56 Å². The van der Waals surface area contributed by atoms with Crippen molar-refractivity contribution in [3.8, 4) is 0 Å². The molecule has 0 spiro atoms. The van der Waals surface area contributed by atoms with Crippen LogP contribution in [0.4, 0.5) is 4.39 Å². The van der Waals surface area contributed by atoms with Gasteiger partial charge in [-0.05, 0) is 48.0 Å². The molecule has 3 nitrogen and oxygen atoms in total. The van der Waals surface area contributed by atoms with E-state index in [1.54, 1.807) is 60.9 Å². The van der Waals surface area contributed by atoms with E-state index in [1.165, 1.54) is 12.1 Å². The van der Waals surface area contributed by atoms with Crippen LogP contribution in [0.5, 0.6) is 0 Å². The molecular formula is C21H17ClFNO2. The zero-order valence-electron chi connectivity index (χ0n) is 13.8. The van der Waals surface area contributed by atoms with Crippen LogP contribution in [-0.2, 0) is 6.42 Å². The first kappa shape index (κ1) is 18.1. The molecule has 2 N–H and O–H groups in total. The fourth-order valence-corrected chi connectivity index (χ4v) is 2.79. The third-order valence-electron chi connectivity index (χ3n) is 4.06. The molecule has 0 fully saturated rings. The van der Waals surface area contributed by atoms with Gasteiger partial charge in [-0.2, -0.15) is 0 Å². The highest BCUT2D eigenvalue weighted by atomic mass is 35.5. The number of aromatic nitrogens is 1. The molecule has 0 aliphatic carbocycles. The molecule has 3 rings (SSSR count). The van der Waals surface area contributed by atoms with Gasteiger partial charge in [-0.3, -0.25) is 4.98 Å². The third-order valence-corrected chi connectivity index (χ3v) is 4.31. The maximum atomic E-state index is 13.2. The van der Waals surface area contributed by atoms with Crippen molar-refractivity contribution < 1.29 is 14.6 Å². The van der Waals surface area contributed by atoms with Crippen LogP contribution in [0.2, 0.25) is 5.02 Å². The molecule has 2 aromatic carbocycles. The molecule has 0 amide bonds. The maximum Gasteiger partial charge on any atom is 0.125 e. The summed E-state index contributed by atoms with van der Waals surface area (Å²) in [7, 11) is 0. The number of pyridine rings is 1. The average Bonchev–Trinajstić information content (AvgIpc) is 2.68. The molecule has 0 saturated heterocycles. The summed E-state index contributed by atoms with van der Waals surface area (Å²) >= 11 is 5.91. The Kier molecular flexibility index (Phi) is 5.66. The second-order valence-electron chi connectivity index (χ2n) is 5.87. The number of halogens is 2. The van der Waals surface area contributed by atoms with E-state index >= 15 is 0 Å². The summed E-state index contributed by atoms with van der Waals surface area (Å²) in [6, 6.07) is 16.1. The van der Waals surface area contributed by atoms with E-state index < -0.39 is 6.10 Å². The molecule has 0 aliphatic rings. The SMILES string of the molecule is O/C(=C(\Cc1ccc(F)cc1)C(O)c1cccnc1)c1ccc(Cl)cc1. The molecule has 0 saturated carbocycles. The van der Waals surface area contributed by atoms with Crippen LogP contribution in [-0.4, -0.2) is 15.2 Å². The lowest BCUT2D eigenvalue weighted by Gasteiger charge is -2.18. The highest BCUT2D eigenvalue weighted by Gasteiger charge is 2.20. The molecule has 132 valence electrons. The summed E-state index contributed by atoms with van der Waals surface area (Å²) in [4.78, 5) is 4.02. The van der Waals surface area contributed by atoms with E-state index in [2.05, 4.69) is 4.98 Å². The second kappa shape index (κ2) is 8.13. The Balaban J connectivity index is 2.04. The Bertz CT molecular complexity index is 894. The van der Waals surface area contributed by atoms with Crippen LogP contribution >= 0.6 is 11.6 Å². The molecule has 0 bridgehead atoms. The van der Waals surface area contributed by atoms with Gasteiger partial charge in [-0.1, -0.05) is 29.8 Å². The van der Waals surface area contributed by atoms with Gasteiger partial charge in [0.25, 0.3) is 0 Å². The van der Waals surface area contributed by atoms with Gasteiger partial charge >= 0.3 is 0 Å². The molecule has 1 unspecified atom stereocenters. The Morgan fingerprint density at radius 3 is 2.35 bits per heavy atom. The number of hydrogen-bond donors (Lipinski definition) is 2. The lowest BCUT2D eigenvalue weighted by Crippen LogP contribution is -2.08. The second-order valence-corrected chi connectivity index (χ2v) is 6.31. The lowest BCUT2D eigenvalue weighted by molar-refractivity contribution is 0.210. The van der Waals surface area contributed by atoms with Crippen molar-refractivity contribution >= 4 is 17.4 Å². The van der Waals surface area contributed by atoms with Gasteiger partial charge in [0.2, 0.25) is 0 Å². The van der Waals surface area contributed by atoms with Crippen LogP contribution in [0.1, 0.15) is 22.8 Å². The van der Waals surface area contributed by atoms with Crippen LogP contribution in [0.3, 0.4) is 0 Å². The first-order valence-corrected chi connectivity index (χ1v) is 8.43.